The Hall–Kier alpha value is -1.10. The lowest BCUT2D eigenvalue weighted by Gasteiger charge is -2.47. The second-order valence-corrected chi connectivity index (χ2v) is 7.34. The summed E-state index contributed by atoms with van der Waals surface area (Å²) in [4.78, 5) is 17.3. The minimum Gasteiger partial charge on any atom is -0.327 e. The van der Waals surface area contributed by atoms with Gasteiger partial charge < -0.3 is 10.6 Å². The van der Waals surface area contributed by atoms with Crippen molar-refractivity contribution in [2.45, 2.75) is 45.2 Å². The number of nitrogens with zero attached hydrogens (tertiary/aromatic N) is 2. The van der Waals surface area contributed by atoms with E-state index in [4.69, 9.17) is 5.73 Å². The fraction of sp³-hybridized carbons (Fsp3) is 0.611. The van der Waals surface area contributed by atoms with Crippen LogP contribution in [-0.2, 0) is 4.79 Å². The Morgan fingerprint density at radius 1 is 1.13 bits per heavy atom. The molecule has 2 aliphatic rings. The summed E-state index contributed by atoms with van der Waals surface area (Å²) in [5, 5.41) is 0. The van der Waals surface area contributed by atoms with Crippen LogP contribution in [0.15, 0.2) is 30.3 Å². The van der Waals surface area contributed by atoms with Crippen molar-refractivity contribution in [3.63, 3.8) is 0 Å². The number of likely N-dealkylation sites (tertiary alicyclic amines) is 1. The van der Waals surface area contributed by atoms with Crippen molar-refractivity contribution in [3.8, 4) is 0 Å². The van der Waals surface area contributed by atoms with Gasteiger partial charge in [0.25, 0.3) is 0 Å². The molecule has 0 aliphatic carbocycles. The average Bonchev–Trinajstić information content (AvgIpc) is 2.51. The first-order chi connectivity index (χ1) is 10.5. The Kier molecular flexibility index (Phi) is 5.71. The van der Waals surface area contributed by atoms with Gasteiger partial charge in [0.1, 0.15) is 0 Å². The molecule has 2 fully saturated rings. The van der Waals surface area contributed by atoms with Crippen molar-refractivity contribution < 1.29 is 4.79 Å². The van der Waals surface area contributed by atoms with Crippen LogP contribution in [-0.4, -0.2) is 42.5 Å². The molecule has 3 rings (SSSR count). The van der Waals surface area contributed by atoms with E-state index < -0.39 is 0 Å². The molecule has 2 atom stereocenters. The minimum atomic E-state index is 0. The summed E-state index contributed by atoms with van der Waals surface area (Å²) < 4.78 is 0. The third-order valence-corrected chi connectivity index (χ3v) is 5.26. The lowest BCUT2D eigenvalue weighted by Crippen LogP contribution is -2.60. The number of piperidine rings is 2. The molecule has 0 bridgehead atoms. The summed E-state index contributed by atoms with van der Waals surface area (Å²) in [6, 6.07) is 10.3. The zero-order chi connectivity index (χ0) is 15.7. The molecule has 2 heterocycles. The van der Waals surface area contributed by atoms with Gasteiger partial charge in [-0.1, -0.05) is 32.0 Å². The van der Waals surface area contributed by atoms with Crippen molar-refractivity contribution in [1.82, 2.24) is 4.90 Å². The van der Waals surface area contributed by atoms with Gasteiger partial charge in [-0.05, 0) is 36.8 Å². The van der Waals surface area contributed by atoms with Crippen LogP contribution in [0.3, 0.4) is 0 Å². The molecule has 0 saturated carbocycles. The van der Waals surface area contributed by atoms with Crippen LogP contribution in [0.1, 0.15) is 33.1 Å². The highest BCUT2D eigenvalue weighted by molar-refractivity contribution is 5.97. The number of nitrogens with two attached hydrogens (primary N) is 1. The molecule has 0 spiro atoms. The molecule has 4 nitrogen and oxygen atoms in total. The van der Waals surface area contributed by atoms with Gasteiger partial charge in [-0.3, -0.25) is 9.69 Å². The first-order valence-corrected chi connectivity index (χ1v) is 8.35. The molecule has 5 heteroatoms. The van der Waals surface area contributed by atoms with Crippen molar-refractivity contribution in [2.75, 3.05) is 24.5 Å². The van der Waals surface area contributed by atoms with Crippen LogP contribution < -0.4 is 10.6 Å². The summed E-state index contributed by atoms with van der Waals surface area (Å²) in [6.45, 7) is 7.10. The first-order valence-electron chi connectivity index (χ1n) is 8.35. The molecule has 23 heavy (non-hydrogen) atoms. The summed E-state index contributed by atoms with van der Waals surface area (Å²) in [6.07, 6.45) is 3.00. The number of hydrogen-bond acceptors (Lipinski definition) is 3. The summed E-state index contributed by atoms with van der Waals surface area (Å²) >= 11 is 0. The van der Waals surface area contributed by atoms with Crippen LogP contribution in [0.2, 0.25) is 0 Å². The highest BCUT2D eigenvalue weighted by atomic mass is 35.5. The van der Waals surface area contributed by atoms with Crippen molar-refractivity contribution in [1.29, 1.82) is 0 Å². The smallest absolute Gasteiger partial charge is 0.244 e. The molecule has 2 unspecified atom stereocenters. The monoisotopic (exact) mass is 337 g/mol. The Morgan fingerprint density at radius 3 is 2.48 bits per heavy atom. The van der Waals surface area contributed by atoms with E-state index in [9.17, 15) is 4.79 Å². The predicted molar refractivity (Wildman–Crippen MR) is 97.0 cm³/mol. The topological polar surface area (TPSA) is 49.6 Å². The van der Waals surface area contributed by atoms with Crippen molar-refractivity contribution in [3.05, 3.63) is 30.3 Å². The highest BCUT2D eigenvalue weighted by Crippen LogP contribution is 2.32. The molecule has 2 aliphatic heterocycles. The third kappa shape index (κ3) is 3.70. The number of hydrogen-bond donors (Lipinski definition) is 1. The zero-order valence-corrected chi connectivity index (χ0v) is 14.9. The van der Waals surface area contributed by atoms with Crippen LogP contribution in [0.5, 0.6) is 0 Å². The highest BCUT2D eigenvalue weighted by Gasteiger charge is 2.40. The number of para-hydroxylation sites is 1. The molecule has 1 aromatic rings. The number of amides is 1. The van der Waals surface area contributed by atoms with Gasteiger partial charge in [-0.15, -0.1) is 12.4 Å². The number of halogens is 1. The number of anilines is 1. The van der Waals surface area contributed by atoms with E-state index in [2.05, 4.69) is 18.7 Å². The van der Waals surface area contributed by atoms with E-state index in [-0.39, 0.29) is 35.8 Å². The Morgan fingerprint density at radius 2 is 1.83 bits per heavy atom. The maximum absolute atomic E-state index is 13.0. The molecule has 128 valence electrons. The second-order valence-electron chi connectivity index (χ2n) is 7.34. The fourth-order valence-corrected chi connectivity index (χ4v) is 3.74. The maximum atomic E-state index is 13.0. The van der Waals surface area contributed by atoms with Crippen LogP contribution >= 0.6 is 12.4 Å². The van der Waals surface area contributed by atoms with Crippen molar-refractivity contribution in [2.24, 2.45) is 11.1 Å². The van der Waals surface area contributed by atoms with E-state index in [0.29, 0.717) is 0 Å². The fourth-order valence-electron chi connectivity index (χ4n) is 3.74. The van der Waals surface area contributed by atoms with E-state index >= 15 is 0 Å². The number of carbonyl (C=O) groups excluding carboxylic acids is 1. The van der Waals surface area contributed by atoms with Gasteiger partial charge in [-0.25, -0.2) is 0 Å². The predicted octanol–water partition coefficient (Wildman–Crippen LogP) is 2.66. The number of benzene rings is 1. The van der Waals surface area contributed by atoms with E-state index in [1.54, 1.807) is 0 Å². The molecule has 2 N–H and O–H groups in total. The van der Waals surface area contributed by atoms with Gasteiger partial charge in [-0.2, -0.15) is 0 Å². The van der Waals surface area contributed by atoms with E-state index in [1.165, 1.54) is 0 Å². The molecule has 1 aromatic carbocycles. The van der Waals surface area contributed by atoms with Gasteiger partial charge in [0, 0.05) is 31.4 Å². The van der Waals surface area contributed by atoms with Crippen molar-refractivity contribution >= 4 is 24.0 Å². The first kappa shape index (κ1) is 18.2. The van der Waals surface area contributed by atoms with E-state index in [1.807, 2.05) is 35.2 Å². The molecule has 2 saturated heterocycles. The third-order valence-electron chi connectivity index (χ3n) is 5.26. The van der Waals surface area contributed by atoms with Crippen LogP contribution in [0, 0.1) is 5.41 Å². The van der Waals surface area contributed by atoms with Crippen LogP contribution in [0.4, 0.5) is 5.69 Å². The average molecular weight is 338 g/mol. The van der Waals surface area contributed by atoms with Gasteiger partial charge in [0.05, 0.1) is 6.04 Å². The van der Waals surface area contributed by atoms with Crippen LogP contribution in [0.25, 0.3) is 0 Å². The molecular formula is C18H28ClN3O. The second kappa shape index (κ2) is 7.20. The summed E-state index contributed by atoms with van der Waals surface area (Å²) in [5.41, 5.74) is 7.33. The molecule has 0 aromatic heterocycles. The Labute approximate surface area is 145 Å². The molecular weight excluding hydrogens is 310 g/mol. The quantitative estimate of drug-likeness (QED) is 0.902. The minimum absolute atomic E-state index is 0. The zero-order valence-electron chi connectivity index (χ0n) is 14.1. The SMILES string of the molecule is CC1(C)CN(C2CCCN(c3ccccc3)C2=O)CCC1N.Cl. The van der Waals surface area contributed by atoms with Gasteiger partial charge in [0.2, 0.25) is 5.91 Å². The molecule has 1 amide bonds. The maximum Gasteiger partial charge on any atom is 0.244 e. The van der Waals surface area contributed by atoms with E-state index in [0.717, 1.165) is 44.6 Å². The Balaban J connectivity index is 0.00000192. The normalized spacial score (nSPS) is 28.3. The van der Waals surface area contributed by atoms with Gasteiger partial charge in [0.15, 0.2) is 0 Å². The Bertz CT molecular complexity index is 534. The summed E-state index contributed by atoms with van der Waals surface area (Å²) in [7, 11) is 0. The summed E-state index contributed by atoms with van der Waals surface area (Å²) in [5.74, 6) is 0.253. The standard InChI is InChI=1S/C18H27N3O.ClH/c1-18(2)13-20(12-10-16(18)19)15-9-6-11-21(17(15)22)14-7-4-3-5-8-14;/h3-5,7-8,15-16H,6,9-13,19H2,1-2H3;1H. The lowest BCUT2D eigenvalue weighted by atomic mass is 9.79. The molecule has 0 radical (unpaired) electrons. The number of rotatable bonds is 2. The lowest BCUT2D eigenvalue weighted by molar-refractivity contribution is -0.126. The van der Waals surface area contributed by atoms with Gasteiger partial charge >= 0.3 is 0 Å². The number of carbonyl (C=O) groups is 1. The largest absolute Gasteiger partial charge is 0.327 e.